The zero-order chi connectivity index (χ0) is 22.3. The predicted molar refractivity (Wildman–Crippen MR) is 119 cm³/mol. The fourth-order valence-corrected chi connectivity index (χ4v) is 6.07. The molecule has 1 N–H and O–H groups in total. The maximum atomic E-state index is 14.9. The van der Waals surface area contributed by atoms with Crippen molar-refractivity contribution in [1.29, 1.82) is 0 Å². The summed E-state index contributed by atoms with van der Waals surface area (Å²) in [4.78, 5) is 39.4. The molecule has 5 nitrogen and oxygen atoms in total. The molecule has 3 heterocycles. The van der Waals surface area contributed by atoms with Crippen LogP contribution in [0.1, 0.15) is 43.9 Å². The topological polar surface area (TPSA) is 66.5 Å². The van der Waals surface area contributed by atoms with Crippen molar-refractivity contribution in [1.82, 2.24) is 5.32 Å². The quantitative estimate of drug-likeness (QED) is 0.613. The fourth-order valence-electron chi connectivity index (χ4n) is 5.17. The van der Waals surface area contributed by atoms with Gasteiger partial charge >= 0.3 is 0 Å². The molecule has 3 aliphatic rings. The van der Waals surface area contributed by atoms with Gasteiger partial charge in [-0.3, -0.25) is 19.7 Å². The van der Waals surface area contributed by atoms with E-state index in [1.165, 1.54) is 12.1 Å². The van der Waals surface area contributed by atoms with Crippen molar-refractivity contribution >= 4 is 51.7 Å². The van der Waals surface area contributed by atoms with Gasteiger partial charge in [-0.25, -0.2) is 4.39 Å². The number of imide groups is 1. The fraction of sp³-hybridized carbons (Fsp3) is 0.261. The monoisotopic (exact) mass is 456 g/mol. The van der Waals surface area contributed by atoms with E-state index in [1.54, 1.807) is 17.0 Å². The van der Waals surface area contributed by atoms with Gasteiger partial charge in [-0.15, -0.1) is 0 Å². The van der Waals surface area contributed by atoms with Gasteiger partial charge < -0.3 is 4.90 Å². The van der Waals surface area contributed by atoms with E-state index in [2.05, 4.69) is 5.32 Å². The molecule has 5 rings (SSSR count). The molecule has 1 unspecified atom stereocenters. The lowest BCUT2D eigenvalue weighted by molar-refractivity contribution is -0.116. The number of benzene rings is 2. The number of hydrogen-bond acceptors (Lipinski definition) is 4. The van der Waals surface area contributed by atoms with E-state index >= 15 is 0 Å². The second-order valence-corrected chi connectivity index (χ2v) is 10.3. The van der Waals surface area contributed by atoms with Crippen molar-refractivity contribution in [3.05, 3.63) is 68.8 Å². The molecule has 1 atom stereocenters. The molecule has 0 spiro atoms. The van der Waals surface area contributed by atoms with E-state index in [0.717, 1.165) is 5.56 Å². The van der Waals surface area contributed by atoms with E-state index in [-0.39, 0.29) is 10.5 Å². The number of hydrogen-bond donors (Lipinski definition) is 1. The summed E-state index contributed by atoms with van der Waals surface area (Å²) in [6.07, 6.45) is 0.532. The summed E-state index contributed by atoms with van der Waals surface area (Å²) in [5.41, 5.74) is 1.42. The number of halogens is 2. The highest BCUT2D eigenvalue weighted by Gasteiger charge is 2.54. The van der Waals surface area contributed by atoms with Gasteiger partial charge in [0, 0.05) is 21.5 Å². The Kier molecular flexibility index (Phi) is 4.21. The van der Waals surface area contributed by atoms with Crippen LogP contribution in [0.5, 0.6) is 0 Å². The molecule has 0 bridgehead atoms. The molecular weight excluding hydrogens is 439 g/mol. The van der Waals surface area contributed by atoms with Gasteiger partial charge in [-0.2, -0.15) is 0 Å². The van der Waals surface area contributed by atoms with Crippen LogP contribution in [-0.4, -0.2) is 22.6 Å². The van der Waals surface area contributed by atoms with Crippen LogP contribution in [0.25, 0.3) is 5.57 Å². The summed E-state index contributed by atoms with van der Waals surface area (Å²) in [7, 11) is 0. The summed E-state index contributed by atoms with van der Waals surface area (Å²) in [6, 6.07) is 10.2. The Hall–Kier alpha value is -2.64. The molecule has 3 amide bonds. The minimum atomic E-state index is -0.630. The first-order valence-electron chi connectivity index (χ1n) is 9.75. The van der Waals surface area contributed by atoms with Gasteiger partial charge in [0.15, 0.2) is 0 Å². The van der Waals surface area contributed by atoms with Gasteiger partial charge in [-0.1, -0.05) is 30.7 Å². The lowest BCUT2D eigenvalue weighted by Gasteiger charge is -2.49. The Morgan fingerprint density at radius 1 is 1.10 bits per heavy atom. The first-order chi connectivity index (χ1) is 14.5. The van der Waals surface area contributed by atoms with Crippen molar-refractivity contribution in [3.8, 4) is 0 Å². The molecular formula is C23H18ClFN2O3S. The Morgan fingerprint density at radius 3 is 2.39 bits per heavy atom. The smallest absolute Gasteiger partial charge is 0.290 e. The molecule has 0 saturated carbocycles. The summed E-state index contributed by atoms with van der Waals surface area (Å²) in [6.45, 7) is 5.94. The van der Waals surface area contributed by atoms with Crippen molar-refractivity contribution in [2.75, 3.05) is 4.90 Å². The van der Waals surface area contributed by atoms with Crippen molar-refractivity contribution < 1.29 is 18.8 Å². The molecule has 2 aromatic rings. The molecule has 0 radical (unpaired) electrons. The molecule has 158 valence electrons. The number of carbonyl (C=O) groups excluding carboxylic acids is 3. The second-order valence-electron chi connectivity index (χ2n) is 8.87. The minimum absolute atomic E-state index is 0.0150. The Bertz CT molecular complexity index is 1240. The number of rotatable bonds is 1. The molecule has 3 aliphatic heterocycles. The van der Waals surface area contributed by atoms with Gasteiger partial charge in [0.2, 0.25) is 0 Å². The lowest BCUT2D eigenvalue weighted by Crippen LogP contribution is -2.54. The number of nitrogens with one attached hydrogen (secondary N) is 1. The van der Waals surface area contributed by atoms with Gasteiger partial charge in [-0.05, 0) is 67.4 Å². The van der Waals surface area contributed by atoms with Crippen LogP contribution in [0.15, 0.2) is 41.3 Å². The van der Waals surface area contributed by atoms with Crippen LogP contribution in [-0.2, 0) is 15.0 Å². The molecule has 0 aromatic heterocycles. The summed E-state index contributed by atoms with van der Waals surface area (Å²) in [5.74, 6) is -1.53. The van der Waals surface area contributed by atoms with Gasteiger partial charge in [0.25, 0.3) is 17.1 Å². The number of nitrogens with zero attached hydrogens (tertiary/aromatic N) is 1. The molecule has 1 saturated heterocycles. The van der Waals surface area contributed by atoms with Crippen LogP contribution < -0.4 is 10.2 Å². The van der Waals surface area contributed by atoms with E-state index in [4.69, 9.17) is 11.6 Å². The maximum absolute atomic E-state index is 14.9. The lowest BCUT2D eigenvalue weighted by atomic mass is 9.65. The van der Waals surface area contributed by atoms with Crippen LogP contribution in [0.2, 0.25) is 5.02 Å². The minimum Gasteiger partial charge on any atom is -0.302 e. The van der Waals surface area contributed by atoms with E-state index in [1.807, 2.05) is 32.9 Å². The normalized spacial score (nSPS) is 26.4. The zero-order valence-corrected chi connectivity index (χ0v) is 18.6. The van der Waals surface area contributed by atoms with Crippen LogP contribution in [0, 0.1) is 5.82 Å². The maximum Gasteiger partial charge on any atom is 0.290 e. The predicted octanol–water partition coefficient (Wildman–Crippen LogP) is 5.01. The largest absolute Gasteiger partial charge is 0.302 e. The highest BCUT2D eigenvalue weighted by molar-refractivity contribution is 8.18. The first-order valence-corrected chi connectivity index (χ1v) is 10.9. The molecule has 0 aliphatic carbocycles. The number of thioether (sulfide) groups is 1. The van der Waals surface area contributed by atoms with E-state index in [9.17, 15) is 18.8 Å². The van der Waals surface area contributed by atoms with Crippen LogP contribution in [0.3, 0.4) is 0 Å². The van der Waals surface area contributed by atoms with Gasteiger partial charge in [0.05, 0.1) is 16.2 Å². The summed E-state index contributed by atoms with van der Waals surface area (Å²) in [5, 5.41) is 2.25. The number of amides is 3. The molecule has 1 fully saturated rings. The third kappa shape index (κ3) is 2.79. The van der Waals surface area contributed by atoms with Crippen molar-refractivity contribution in [2.45, 2.75) is 38.1 Å². The summed E-state index contributed by atoms with van der Waals surface area (Å²) >= 11 is 6.76. The Balaban J connectivity index is 1.84. The van der Waals surface area contributed by atoms with E-state index in [0.29, 0.717) is 40.0 Å². The van der Waals surface area contributed by atoms with Crippen molar-refractivity contribution in [2.24, 2.45) is 0 Å². The SMILES string of the molecule is CC1(c2ccc(Cl)cc2)CC(C)(C)N2C(=O)/C(=C3\SC(=O)NC3=O)c3cc(F)cc1c32. The average Bonchev–Trinajstić information content (AvgIpc) is 3.15. The standard InChI is InChI=1S/C23H18ClFN2O3S/c1-22(2)10-23(3,11-4-6-12(24)7-5-11)15-9-13(25)8-14-16(20(29)27(22)17(14)15)18-19(28)26-21(30)31-18/h4-9H,10H2,1-3H3,(H,26,28,30)/b18-16-. The third-order valence-electron chi connectivity index (χ3n) is 6.30. The van der Waals surface area contributed by atoms with E-state index < -0.39 is 33.8 Å². The molecule has 31 heavy (non-hydrogen) atoms. The van der Waals surface area contributed by atoms with Gasteiger partial charge in [0.1, 0.15) is 5.82 Å². The molecule has 8 heteroatoms. The van der Waals surface area contributed by atoms with Crippen LogP contribution >= 0.6 is 23.4 Å². The third-order valence-corrected chi connectivity index (χ3v) is 7.43. The number of anilines is 1. The highest BCUT2D eigenvalue weighted by Crippen LogP contribution is 2.57. The highest BCUT2D eigenvalue weighted by atomic mass is 35.5. The average molecular weight is 457 g/mol. The van der Waals surface area contributed by atoms with Crippen LogP contribution in [0.4, 0.5) is 14.9 Å². The summed E-state index contributed by atoms with van der Waals surface area (Å²) < 4.78 is 14.9. The Morgan fingerprint density at radius 2 is 1.77 bits per heavy atom. The first kappa shape index (κ1) is 20.3. The Labute approximate surface area is 187 Å². The second kappa shape index (κ2) is 6.43. The molecule has 2 aromatic carbocycles. The van der Waals surface area contributed by atoms with Crippen molar-refractivity contribution in [3.63, 3.8) is 0 Å². The number of carbonyl (C=O) groups is 3. The zero-order valence-electron chi connectivity index (χ0n) is 17.0.